The Morgan fingerprint density at radius 1 is 0.435 bits per heavy atom. The summed E-state index contributed by atoms with van der Waals surface area (Å²) in [7, 11) is 0. The smallest absolute Gasteiger partial charge is 0.270 e. The maximum absolute atomic E-state index is 11.5. The Morgan fingerprint density at radius 2 is 0.848 bits per heavy atom. The first-order valence-corrected chi connectivity index (χ1v) is 14.4. The fraction of sp³-hybridized carbons (Fsp3) is 0. The van der Waals surface area contributed by atoms with Crippen molar-refractivity contribution in [1.29, 1.82) is 0 Å². The summed E-state index contributed by atoms with van der Waals surface area (Å²) in [6, 6.07) is 40.1. The van der Waals surface area contributed by atoms with Crippen LogP contribution in [0.25, 0.3) is 67.8 Å². The van der Waals surface area contributed by atoms with E-state index in [-0.39, 0.29) is 11.4 Å². The molecule has 0 unspecified atom stereocenters. The zero-order valence-corrected chi connectivity index (χ0v) is 24.1. The molecule has 0 spiro atoms. The van der Waals surface area contributed by atoms with Gasteiger partial charge in [0, 0.05) is 57.6 Å². The predicted molar refractivity (Wildman–Crippen MR) is 177 cm³/mol. The second-order valence-corrected chi connectivity index (χ2v) is 10.5. The Bertz CT molecular complexity index is 2070. The van der Waals surface area contributed by atoms with Crippen molar-refractivity contribution in [2.75, 3.05) is 0 Å². The number of rotatable bonds is 8. The van der Waals surface area contributed by atoms with Gasteiger partial charge in [-0.05, 0) is 6.07 Å². The number of nitro groups is 2. The summed E-state index contributed by atoms with van der Waals surface area (Å²) < 4.78 is 0. The lowest BCUT2D eigenvalue weighted by Gasteiger charge is -2.07. The molecular formula is C36H24N6O4. The summed E-state index contributed by atoms with van der Waals surface area (Å²) in [6.45, 7) is 0. The minimum Gasteiger partial charge on any atom is -0.337 e. The third kappa shape index (κ3) is 5.42. The van der Waals surface area contributed by atoms with Gasteiger partial charge in [0.2, 0.25) is 0 Å². The van der Waals surface area contributed by atoms with Crippen molar-refractivity contribution >= 4 is 11.4 Å². The molecule has 10 nitrogen and oxygen atoms in total. The van der Waals surface area contributed by atoms with Crippen molar-refractivity contribution in [1.82, 2.24) is 19.9 Å². The summed E-state index contributed by atoms with van der Waals surface area (Å²) in [5.74, 6) is 1.00. The molecule has 0 aliphatic carbocycles. The van der Waals surface area contributed by atoms with E-state index in [9.17, 15) is 20.2 Å². The first-order valence-electron chi connectivity index (χ1n) is 14.4. The lowest BCUT2D eigenvalue weighted by Crippen LogP contribution is -1.89. The molecular weight excluding hydrogens is 580 g/mol. The third-order valence-corrected chi connectivity index (χ3v) is 7.60. The minimum atomic E-state index is -0.426. The van der Waals surface area contributed by atoms with Crippen LogP contribution in [0.1, 0.15) is 0 Å². The van der Waals surface area contributed by atoms with E-state index in [1.165, 1.54) is 24.3 Å². The number of non-ortho nitro benzene ring substituents is 2. The number of aromatic amines is 2. The standard InChI is InChI=1S/C36H24N6O4/c43-41(44)29-18-8-16-27(21-29)35-37-31(23-10-3-1-4-11-23)33(39-35)25-14-7-15-26(20-25)34-32(24-12-5-2-6-13-24)38-36(40-34)28-17-9-19-30(22-28)42(45)46/h1-22H,(H,37,39)(H,38,40). The number of imidazole rings is 2. The maximum Gasteiger partial charge on any atom is 0.270 e. The molecule has 0 bridgehead atoms. The van der Waals surface area contributed by atoms with Crippen LogP contribution in [0.2, 0.25) is 0 Å². The number of H-pyrrole nitrogens is 2. The first kappa shape index (κ1) is 28.1. The summed E-state index contributed by atoms with van der Waals surface area (Å²) in [5.41, 5.74) is 7.46. The summed E-state index contributed by atoms with van der Waals surface area (Å²) >= 11 is 0. The van der Waals surface area contributed by atoms with Crippen LogP contribution >= 0.6 is 0 Å². The highest BCUT2D eigenvalue weighted by Gasteiger charge is 2.20. The van der Waals surface area contributed by atoms with E-state index >= 15 is 0 Å². The Balaban J connectivity index is 1.38. The van der Waals surface area contributed by atoms with Crippen molar-refractivity contribution in [3.8, 4) is 67.8 Å². The van der Waals surface area contributed by atoms with E-state index in [0.29, 0.717) is 34.2 Å². The van der Waals surface area contributed by atoms with Crippen LogP contribution in [-0.2, 0) is 0 Å². The van der Waals surface area contributed by atoms with Crippen molar-refractivity contribution in [3.05, 3.63) is 154 Å². The van der Waals surface area contributed by atoms with Crippen molar-refractivity contribution in [2.45, 2.75) is 0 Å². The number of benzene rings is 5. The van der Waals surface area contributed by atoms with Gasteiger partial charge in [-0.2, -0.15) is 0 Å². The highest BCUT2D eigenvalue weighted by molar-refractivity contribution is 5.86. The maximum atomic E-state index is 11.5. The minimum absolute atomic E-state index is 0.0223. The van der Waals surface area contributed by atoms with Gasteiger partial charge in [0.1, 0.15) is 11.6 Å². The third-order valence-electron chi connectivity index (χ3n) is 7.60. The topological polar surface area (TPSA) is 144 Å². The number of nitrogens with zero attached hydrogens (tertiary/aromatic N) is 4. The fourth-order valence-corrected chi connectivity index (χ4v) is 5.41. The molecule has 0 saturated heterocycles. The summed E-state index contributed by atoms with van der Waals surface area (Å²) in [5, 5.41) is 23.0. The molecule has 7 rings (SSSR count). The van der Waals surface area contributed by atoms with Gasteiger partial charge in [0.15, 0.2) is 0 Å². The number of nitro benzene ring substituents is 2. The molecule has 2 aromatic heterocycles. The van der Waals surface area contributed by atoms with E-state index in [2.05, 4.69) is 9.97 Å². The second-order valence-electron chi connectivity index (χ2n) is 10.5. The number of hydrogen-bond donors (Lipinski definition) is 2. The Labute approximate surface area is 262 Å². The normalized spacial score (nSPS) is 11.0. The molecule has 5 aromatic carbocycles. The van der Waals surface area contributed by atoms with Crippen molar-refractivity contribution < 1.29 is 9.85 Å². The van der Waals surface area contributed by atoms with E-state index in [4.69, 9.17) is 9.97 Å². The Kier molecular flexibility index (Phi) is 7.20. The van der Waals surface area contributed by atoms with E-state index < -0.39 is 9.85 Å². The molecule has 0 fully saturated rings. The van der Waals surface area contributed by atoms with Gasteiger partial charge >= 0.3 is 0 Å². The van der Waals surface area contributed by atoms with Crippen LogP contribution in [0.5, 0.6) is 0 Å². The monoisotopic (exact) mass is 604 g/mol. The van der Waals surface area contributed by atoms with Crippen molar-refractivity contribution in [2.24, 2.45) is 0 Å². The van der Waals surface area contributed by atoms with Crippen LogP contribution in [-0.4, -0.2) is 29.8 Å². The number of aromatic nitrogens is 4. The molecule has 0 saturated carbocycles. The van der Waals surface area contributed by atoms with Gasteiger partial charge in [-0.25, -0.2) is 9.97 Å². The first-order chi connectivity index (χ1) is 22.4. The SMILES string of the molecule is O=[N+]([O-])c1cccc(-c2nc(-c3cccc(-c4[nH]c(-c5cccc([N+](=O)[O-])c5)nc4-c4ccccc4)c3)c(-c3ccccc3)[nH]2)c1. The van der Waals surface area contributed by atoms with E-state index in [0.717, 1.165) is 33.6 Å². The second kappa shape index (κ2) is 11.8. The molecule has 222 valence electrons. The molecule has 2 heterocycles. The quantitative estimate of drug-likeness (QED) is 0.131. The van der Waals surface area contributed by atoms with Gasteiger partial charge < -0.3 is 9.97 Å². The molecule has 0 amide bonds. The average Bonchev–Trinajstić information content (AvgIpc) is 3.76. The molecule has 10 heteroatoms. The highest BCUT2D eigenvalue weighted by Crippen LogP contribution is 2.38. The largest absolute Gasteiger partial charge is 0.337 e. The predicted octanol–water partition coefficient (Wildman–Crippen LogP) is 8.95. The summed E-state index contributed by atoms with van der Waals surface area (Å²) in [6.07, 6.45) is 0. The highest BCUT2D eigenvalue weighted by atomic mass is 16.6. The zero-order chi connectivity index (χ0) is 31.6. The molecule has 0 aliphatic heterocycles. The summed E-state index contributed by atoms with van der Waals surface area (Å²) in [4.78, 5) is 38.8. The Hall–Kier alpha value is -6.68. The van der Waals surface area contributed by atoms with Gasteiger partial charge in [-0.3, -0.25) is 20.2 Å². The van der Waals surface area contributed by atoms with Crippen LogP contribution in [0, 0.1) is 20.2 Å². The van der Waals surface area contributed by atoms with E-state index in [1.807, 2.05) is 84.9 Å². The lowest BCUT2D eigenvalue weighted by molar-refractivity contribution is -0.385. The molecule has 7 aromatic rings. The molecule has 0 atom stereocenters. The van der Waals surface area contributed by atoms with Gasteiger partial charge in [0.25, 0.3) is 11.4 Å². The molecule has 46 heavy (non-hydrogen) atoms. The molecule has 0 radical (unpaired) electrons. The molecule has 0 aliphatic rings. The van der Waals surface area contributed by atoms with Crippen LogP contribution in [0.15, 0.2) is 133 Å². The van der Waals surface area contributed by atoms with Gasteiger partial charge in [-0.1, -0.05) is 103 Å². The van der Waals surface area contributed by atoms with Gasteiger partial charge in [0.05, 0.1) is 32.6 Å². The van der Waals surface area contributed by atoms with Crippen LogP contribution in [0.3, 0.4) is 0 Å². The van der Waals surface area contributed by atoms with Crippen LogP contribution < -0.4 is 0 Å². The fourth-order valence-electron chi connectivity index (χ4n) is 5.41. The van der Waals surface area contributed by atoms with Crippen LogP contribution in [0.4, 0.5) is 11.4 Å². The Morgan fingerprint density at radius 3 is 1.39 bits per heavy atom. The van der Waals surface area contributed by atoms with Crippen molar-refractivity contribution in [3.63, 3.8) is 0 Å². The number of nitrogens with one attached hydrogen (secondary N) is 2. The number of hydrogen-bond acceptors (Lipinski definition) is 6. The van der Waals surface area contributed by atoms with Gasteiger partial charge in [-0.15, -0.1) is 0 Å². The average molecular weight is 605 g/mol. The zero-order valence-electron chi connectivity index (χ0n) is 24.1. The lowest BCUT2D eigenvalue weighted by atomic mass is 10.00. The van der Waals surface area contributed by atoms with E-state index in [1.54, 1.807) is 24.3 Å². The molecule has 2 N–H and O–H groups in total.